The second-order valence-electron chi connectivity index (χ2n) is 8.14. The minimum atomic E-state index is -5.08. The predicted octanol–water partition coefficient (Wildman–Crippen LogP) is 2.66. The maximum Gasteiger partial charge on any atom is 0.490 e. The van der Waals surface area contributed by atoms with Crippen LogP contribution in [0.25, 0.3) is 0 Å². The zero-order valence-electron chi connectivity index (χ0n) is 17.6. The van der Waals surface area contributed by atoms with Gasteiger partial charge in [-0.1, -0.05) is 0 Å². The Kier molecular flexibility index (Phi) is 7.29. The highest BCUT2D eigenvalue weighted by molar-refractivity contribution is 5.92. The molecule has 11 heteroatoms. The Bertz CT molecular complexity index is 894. The minimum Gasteiger partial charge on any atom is -0.475 e. The van der Waals surface area contributed by atoms with Crippen molar-refractivity contribution in [2.24, 2.45) is 13.0 Å². The van der Waals surface area contributed by atoms with E-state index in [9.17, 15) is 18.0 Å². The molecular weight excluding hydrogens is 431 g/mol. The number of furan rings is 1. The van der Waals surface area contributed by atoms with Gasteiger partial charge in [0.05, 0.1) is 25.0 Å². The number of alkyl halides is 3. The Hall–Kier alpha value is -2.79. The fourth-order valence-electron chi connectivity index (χ4n) is 3.86. The van der Waals surface area contributed by atoms with Gasteiger partial charge in [-0.25, -0.2) is 4.79 Å². The van der Waals surface area contributed by atoms with Crippen molar-refractivity contribution in [1.29, 1.82) is 0 Å². The van der Waals surface area contributed by atoms with Gasteiger partial charge in [0.25, 0.3) is 5.91 Å². The number of aryl methyl sites for hydroxylation is 1. The number of nitrogens with zero attached hydrogens (tertiary/aromatic N) is 2. The van der Waals surface area contributed by atoms with E-state index in [1.165, 1.54) is 0 Å². The molecule has 1 amide bonds. The van der Waals surface area contributed by atoms with Gasteiger partial charge in [0.2, 0.25) is 0 Å². The van der Waals surface area contributed by atoms with Gasteiger partial charge in [-0.3, -0.25) is 9.69 Å². The van der Waals surface area contributed by atoms with Crippen LogP contribution in [0.5, 0.6) is 0 Å². The first-order valence-corrected chi connectivity index (χ1v) is 10.2. The smallest absolute Gasteiger partial charge is 0.475 e. The van der Waals surface area contributed by atoms with E-state index in [2.05, 4.69) is 10.2 Å². The van der Waals surface area contributed by atoms with Crippen molar-refractivity contribution in [3.05, 3.63) is 48.2 Å². The molecule has 2 aromatic heterocycles. The summed E-state index contributed by atoms with van der Waals surface area (Å²) in [7, 11) is 1.88. The molecule has 4 rings (SSSR count). The Morgan fingerprint density at radius 1 is 1.28 bits per heavy atom. The molecule has 2 aliphatic rings. The molecule has 176 valence electrons. The number of rotatable bonds is 5. The topological polar surface area (TPSA) is 96.9 Å². The number of aromatic nitrogens is 1. The second kappa shape index (κ2) is 9.78. The van der Waals surface area contributed by atoms with Gasteiger partial charge in [0, 0.05) is 32.9 Å². The standard InChI is InChI=1S/C19H25N3O3.C2HF3O2/c1-21-8-2-5-17(21)18(23)20-10-15-6-7-19(25-12-15)13-22(14-19)11-16-4-3-9-24-16;3-2(4,5)1(6)7/h2-5,8-9,15H,6-7,10-14H2,1H3,(H,20,23);(H,6,7). The van der Waals surface area contributed by atoms with E-state index >= 15 is 0 Å². The van der Waals surface area contributed by atoms with E-state index in [4.69, 9.17) is 19.1 Å². The van der Waals surface area contributed by atoms with Crippen LogP contribution in [0, 0.1) is 5.92 Å². The second-order valence-corrected chi connectivity index (χ2v) is 8.14. The molecule has 1 atom stereocenters. The van der Waals surface area contributed by atoms with Crippen LogP contribution in [0.1, 0.15) is 29.1 Å². The molecule has 0 bridgehead atoms. The maximum absolute atomic E-state index is 12.2. The summed E-state index contributed by atoms with van der Waals surface area (Å²) in [5.41, 5.74) is 0.714. The van der Waals surface area contributed by atoms with Crippen molar-refractivity contribution >= 4 is 11.9 Å². The van der Waals surface area contributed by atoms with Gasteiger partial charge in [-0.05, 0) is 43.0 Å². The summed E-state index contributed by atoms with van der Waals surface area (Å²) >= 11 is 0. The Labute approximate surface area is 182 Å². The van der Waals surface area contributed by atoms with Crippen molar-refractivity contribution in [3.8, 4) is 0 Å². The van der Waals surface area contributed by atoms with Crippen molar-refractivity contribution < 1.29 is 37.0 Å². The molecule has 4 heterocycles. The van der Waals surface area contributed by atoms with Crippen molar-refractivity contribution in [1.82, 2.24) is 14.8 Å². The van der Waals surface area contributed by atoms with E-state index in [-0.39, 0.29) is 11.5 Å². The average Bonchev–Trinajstić information content (AvgIpc) is 3.37. The fourth-order valence-corrected chi connectivity index (χ4v) is 3.86. The van der Waals surface area contributed by atoms with E-state index in [1.54, 1.807) is 6.26 Å². The van der Waals surface area contributed by atoms with E-state index < -0.39 is 12.1 Å². The highest BCUT2D eigenvalue weighted by Gasteiger charge is 2.46. The van der Waals surface area contributed by atoms with Crippen LogP contribution in [0.4, 0.5) is 13.2 Å². The quantitative estimate of drug-likeness (QED) is 0.717. The SMILES string of the molecule is Cn1cccc1C(=O)NCC1CCC2(CN(Cc3ccco3)C2)OC1.O=C(O)C(F)(F)F. The van der Waals surface area contributed by atoms with Crippen LogP contribution in [0.15, 0.2) is 41.1 Å². The fraction of sp³-hybridized carbons (Fsp3) is 0.524. The number of halogens is 3. The Morgan fingerprint density at radius 3 is 2.50 bits per heavy atom. The van der Waals surface area contributed by atoms with Gasteiger partial charge in [-0.2, -0.15) is 13.2 Å². The zero-order valence-corrected chi connectivity index (χ0v) is 17.6. The molecule has 1 unspecified atom stereocenters. The van der Waals surface area contributed by atoms with Crippen molar-refractivity contribution in [2.75, 3.05) is 26.2 Å². The number of likely N-dealkylation sites (tertiary alicyclic amines) is 1. The highest BCUT2D eigenvalue weighted by atomic mass is 19.4. The molecule has 2 saturated heterocycles. The number of carboxylic acids is 1. The molecule has 0 radical (unpaired) electrons. The summed E-state index contributed by atoms with van der Waals surface area (Å²) in [5, 5.41) is 10.2. The van der Waals surface area contributed by atoms with Crippen LogP contribution in [0.2, 0.25) is 0 Å². The number of carbonyl (C=O) groups excluding carboxylic acids is 1. The summed E-state index contributed by atoms with van der Waals surface area (Å²) in [6, 6.07) is 7.66. The first-order chi connectivity index (χ1) is 15.1. The molecule has 32 heavy (non-hydrogen) atoms. The minimum absolute atomic E-state index is 0.0129. The van der Waals surface area contributed by atoms with Crippen molar-refractivity contribution in [3.63, 3.8) is 0 Å². The normalized spacial score (nSPS) is 20.2. The molecular formula is C21H26F3N3O5. The molecule has 0 aromatic carbocycles. The Balaban J connectivity index is 0.000000360. The predicted molar refractivity (Wildman–Crippen MR) is 107 cm³/mol. The summed E-state index contributed by atoms with van der Waals surface area (Å²) in [4.78, 5) is 23.4. The van der Waals surface area contributed by atoms with Crippen LogP contribution < -0.4 is 5.32 Å². The molecule has 2 aliphatic heterocycles. The lowest BCUT2D eigenvalue weighted by atomic mass is 9.83. The lowest BCUT2D eigenvalue weighted by Crippen LogP contribution is -2.64. The summed E-state index contributed by atoms with van der Waals surface area (Å²) in [6.45, 7) is 4.19. The van der Waals surface area contributed by atoms with Gasteiger partial charge in [0.15, 0.2) is 0 Å². The molecule has 2 aromatic rings. The van der Waals surface area contributed by atoms with Crippen LogP contribution in [0.3, 0.4) is 0 Å². The number of carbonyl (C=O) groups is 2. The van der Waals surface area contributed by atoms with Gasteiger partial charge < -0.3 is 24.1 Å². The number of hydrogen-bond acceptors (Lipinski definition) is 5. The number of ether oxygens (including phenoxy) is 1. The summed E-state index contributed by atoms with van der Waals surface area (Å²) < 4.78 is 45.2. The highest BCUT2D eigenvalue weighted by Crippen LogP contribution is 2.36. The first-order valence-electron chi connectivity index (χ1n) is 10.2. The number of hydrogen-bond donors (Lipinski definition) is 2. The maximum atomic E-state index is 12.2. The van der Waals surface area contributed by atoms with Gasteiger partial charge in [0.1, 0.15) is 11.5 Å². The summed E-state index contributed by atoms with van der Waals surface area (Å²) in [6.07, 6.45) is 0.679. The van der Waals surface area contributed by atoms with Crippen LogP contribution in [-0.2, 0) is 23.1 Å². The van der Waals surface area contributed by atoms with Gasteiger partial charge >= 0.3 is 12.1 Å². The number of nitrogens with one attached hydrogen (secondary N) is 1. The third kappa shape index (κ3) is 6.13. The number of carboxylic acid groups (broad SMARTS) is 1. The summed E-state index contributed by atoms with van der Waals surface area (Å²) in [5.74, 6) is -1.37. The van der Waals surface area contributed by atoms with Crippen LogP contribution >= 0.6 is 0 Å². The lowest BCUT2D eigenvalue weighted by molar-refractivity contribution is -0.192. The average molecular weight is 457 g/mol. The molecule has 8 nitrogen and oxygen atoms in total. The largest absolute Gasteiger partial charge is 0.490 e. The lowest BCUT2D eigenvalue weighted by Gasteiger charge is -2.52. The van der Waals surface area contributed by atoms with Crippen LogP contribution in [-0.4, -0.2) is 64.5 Å². The van der Waals surface area contributed by atoms with E-state index in [0.29, 0.717) is 18.2 Å². The Morgan fingerprint density at radius 2 is 2.00 bits per heavy atom. The van der Waals surface area contributed by atoms with Gasteiger partial charge in [-0.15, -0.1) is 0 Å². The van der Waals surface area contributed by atoms with E-state index in [1.807, 2.05) is 42.1 Å². The monoisotopic (exact) mass is 457 g/mol. The first kappa shape index (κ1) is 23.9. The third-order valence-electron chi connectivity index (χ3n) is 5.59. The molecule has 0 saturated carbocycles. The van der Waals surface area contributed by atoms with E-state index in [0.717, 1.165) is 44.8 Å². The third-order valence-corrected chi connectivity index (χ3v) is 5.59. The number of amides is 1. The number of aliphatic carboxylic acids is 1. The molecule has 2 fully saturated rings. The van der Waals surface area contributed by atoms with Crippen molar-refractivity contribution in [2.45, 2.75) is 31.2 Å². The molecule has 0 aliphatic carbocycles. The molecule has 1 spiro atoms. The molecule has 2 N–H and O–H groups in total. The zero-order chi connectivity index (χ0) is 23.4.